The van der Waals surface area contributed by atoms with Gasteiger partial charge in [-0.05, 0) is 19.4 Å². The summed E-state index contributed by atoms with van der Waals surface area (Å²) in [5, 5.41) is 3.20. The highest BCUT2D eigenvalue weighted by Gasteiger charge is 2.28. The van der Waals surface area contributed by atoms with Crippen molar-refractivity contribution in [3.8, 4) is 0 Å². The summed E-state index contributed by atoms with van der Waals surface area (Å²) in [6.45, 7) is 1.91. The van der Waals surface area contributed by atoms with Gasteiger partial charge in [0.2, 0.25) is 0 Å². The summed E-state index contributed by atoms with van der Waals surface area (Å²) in [5.74, 6) is -0.806. The Morgan fingerprint density at radius 2 is 2.06 bits per heavy atom. The number of nitrogens with zero attached hydrogens (tertiary/aromatic N) is 3. The molecular formula is C6H12N3O6P. The van der Waals surface area contributed by atoms with Gasteiger partial charge in [-0.2, -0.15) is 0 Å². The standard InChI is InChI=1S/C6H12N3O6P/c1-6(2,8-9-7)5(10)14-3-4-15-16(11,12)13/h3-4H2,1-2H3,(H2,11,12,13). The first-order valence-electron chi connectivity index (χ1n) is 4.12. The molecule has 0 aliphatic rings. The van der Waals surface area contributed by atoms with Crippen LogP contribution in [0.2, 0.25) is 0 Å². The van der Waals surface area contributed by atoms with Crippen molar-refractivity contribution in [1.29, 1.82) is 0 Å². The lowest BCUT2D eigenvalue weighted by molar-refractivity contribution is -0.149. The smallest absolute Gasteiger partial charge is 0.463 e. The molecule has 0 atom stereocenters. The van der Waals surface area contributed by atoms with Crippen LogP contribution >= 0.6 is 7.82 Å². The number of esters is 1. The number of rotatable bonds is 6. The lowest BCUT2D eigenvalue weighted by Crippen LogP contribution is -2.31. The summed E-state index contributed by atoms with van der Waals surface area (Å²) in [5.41, 5.74) is 6.79. The molecule has 92 valence electrons. The third kappa shape index (κ3) is 6.39. The molecule has 0 fully saturated rings. The second-order valence-corrected chi connectivity index (χ2v) is 4.45. The zero-order chi connectivity index (χ0) is 12.8. The zero-order valence-electron chi connectivity index (χ0n) is 8.73. The third-order valence-electron chi connectivity index (χ3n) is 1.37. The molecule has 10 heteroatoms. The molecule has 0 unspecified atom stereocenters. The number of phosphoric ester groups is 1. The normalized spacial score (nSPS) is 11.8. The quantitative estimate of drug-likeness (QED) is 0.178. The van der Waals surface area contributed by atoms with E-state index in [2.05, 4.69) is 19.3 Å². The predicted octanol–water partition coefficient (Wildman–Crippen LogP) is 0.728. The van der Waals surface area contributed by atoms with Crippen LogP contribution in [0.3, 0.4) is 0 Å². The van der Waals surface area contributed by atoms with Crippen molar-refractivity contribution in [2.45, 2.75) is 19.4 Å². The minimum Gasteiger partial charge on any atom is -0.463 e. The van der Waals surface area contributed by atoms with Crippen molar-refractivity contribution in [2.75, 3.05) is 13.2 Å². The second-order valence-electron chi connectivity index (χ2n) is 3.21. The first-order chi connectivity index (χ1) is 7.19. The first kappa shape index (κ1) is 14.9. The van der Waals surface area contributed by atoms with Crippen molar-refractivity contribution in [1.82, 2.24) is 0 Å². The molecule has 0 aliphatic carbocycles. The Morgan fingerprint density at radius 1 is 1.50 bits per heavy atom. The molecule has 0 aliphatic heterocycles. The minimum atomic E-state index is -4.55. The van der Waals surface area contributed by atoms with E-state index in [0.29, 0.717) is 0 Å². The molecule has 9 nitrogen and oxygen atoms in total. The van der Waals surface area contributed by atoms with Crippen molar-refractivity contribution < 1.29 is 28.4 Å². The fraction of sp³-hybridized carbons (Fsp3) is 0.833. The van der Waals surface area contributed by atoms with Crippen molar-refractivity contribution in [3.63, 3.8) is 0 Å². The van der Waals surface area contributed by atoms with E-state index in [-0.39, 0.29) is 6.61 Å². The maximum absolute atomic E-state index is 11.2. The van der Waals surface area contributed by atoms with Crippen LogP contribution in [-0.2, 0) is 18.6 Å². The predicted molar refractivity (Wildman–Crippen MR) is 52.2 cm³/mol. The van der Waals surface area contributed by atoms with Gasteiger partial charge >= 0.3 is 13.8 Å². The molecule has 0 spiro atoms. The molecule has 0 saturated carbocycles. The van der Waals surface area contributed by atoms with E-state index in [1.165, 1.54) is 13.8 Å². The summed E-state index contributed by atoms with van der Waals surface area (Å²) in [4.78, 5) is 30.3. The fourth-order valence-electron chi connectivity index (χ4n) is 0.620. The lowest BCUT2D eigenvalue weighted by atomic mass is 10.1. The van der Waals surface area contributed by atoms with E-state index < -0.39 is 25.9 Å². The van der Waals surface area contributed by atoms with Gasteiger partial charge in [0.15, 0.2) is 0 Å². The van der Waals surface area contributed by atoms with Crippen molar-refractivity contribution >= 4 is 13.8 Å². The molecule has 2 N–H and O–H groups in total. The van der Waals surface area contributed by atoms with Crippen LogP contribution < -0.4 is 0 Å². The number of ether oxygens (including phenoxy) is 1. The monoisotopic (exact) mass is 253 g/mol. The van der Waals surface area contributed by atoms with Gasteiger partial charge in [-0.3, -0.25) is 9.32 Å². The van der Waals surface area contributed by atoms with E-state index in [9.17, 15) is 9.36 Å². The van der Waals surface area contributed by atoms with E-state index in [1.807, 2.05) is 0 Å². The molecule has 16 heavy (non-hydrogen) atoms. The van der Waals surface area contributed by atoms with Gasteiger partial charge in [-0.1, -0.05) is 5.11 Å². The van der Waals surface area contributed by atoms with Gasteiger partial charge in [0.05, 0.1) is 6.61 Å². The number of hydrogen-bond acceptors (Lipinski definition) is 5. The second kappa shape index (κ2) is 5.83. The topological polar surface area (TPSA) is 142 Å². The minimum absolute atomic E-state index is 0.339. The SMILES string of the molecule is CC(C)(N=[N+]=[N-])C(=O)OCCOP(=O)(O)O. The number of carbonyl (C=O) groups is 1. The highest BCUT2D eigenvalue weighted by molar-refractivity contribution is 7.46. The summed E-state index contributed by atoms with van der Waals surface area (Å²) < 4.78 is 18.9. The van der Waals surface area contributed by atoms with Crippen molar-refractivity contribution in [2.24, 2.45) is 5.11 Å². The Labute approximate surface area is 91.2 Å². The Morgan fingerprint density at radius 3 is 2.50 bits per heavy atom. The molecule has 0 bridgehead atoms. The van der Waals surface area contributed by atoms with E-state index >= 15 is 0 Å². The molecule has 0 aromatic rings. The highest BCUT2D eigenvalue weighted by Crippen LogP contribution is 2.35. The van der Waals surface area contributed by atoms with Crippen LogP contribution in [0.4, 0.5) is 0 Å². The molecule has 0 heterocycles. The van der Waals surface area contributed by atoms with Crippen LogP contribution in [0, 0.1) is 0 Å². The highest BCUT2D eigenvalue weighted by atomic mass is 31.2. The van der Waals surface area contributed by atoms with Gasteiger partial charge < -0.3 is 14.5 Å². The molecule has 0 rings (SSSR count). The maximum Gasteiger partial charge on any atom is 0.469 e. The maximum atomic E-state index is 11.2. The average molecular weight is 253 g/mol. The van der Waals surface area contributed by atoms with Crippen LogP contribution in [0.1, 0.15) is 13.8 Å². The number of carbonyl (C=O) groups excluding carboxylic acids is 1. The molecule has 0 aromatic carbocycles. The molecular weight excluding hydrogens is 241 g/mol. The van der Waals surface area contributed by atoms with Crippen LogP contribution in [0.25, 0.3) is 10.4 Å². The summed E-state index contributed by atoms with van der Waals surface area (Å²) in [6.07, 6.45) is 0. The average Bonchev–Trinajstić information content (AvgIpc) is 2.10. The molecule has 0 aromatic heterocycles. The number of hydrogen-bond donors (Lipinski definition) is 2. The summed E-state index contributed by atoms with van der Waals surface area (Å²) >= 11 is 0. The Bertz CT molecular complexity index is 344. The van der Waals surface area contributed by atoms with E-state index in [0.717, 1.165) is 0 Å². The van der Waals surface area contributed by atoms with Crippen LogP contribution in [0.15, 0.2) is 5.11 Å². The summed E-state index contributed by atoms with van der Waals surface area (Å²) in [7, 11) is -4.55. The summed E-state index contributed by atoms with van der Waals surface area (Å²) in [6, 6.07) is 0. The van der Waals surface area contributed by atoms with Crippen LogP contribution in [-0.4, -0.2) is 34.5 Å². The number of azide groups is 1. The van der Waals surface area contributed by atoms with Crippen molar-refractivity contribution in [3.05, 3.63) is 10.4 Å². The third-order valence-corrected chi connectivity index (χ3v) is 1.89. The van der Waals surface area contributed by atoms with Gasteiger partial charge in [0, 0.05) is 4.91 Å². The first-order valence-corrected chi connectivity index (χ1v) is 5.65. The number of phosphoric acid groups is 1. The van der Waals surface area contributed by atoms with Gasteiger partial charge in [-0.15, -0.1) is 0 Å². The molecule has 0 radical (unpaired) electrons. The Kier molecular flexibility index (Phi) is 5.43. The lowest BCUT2D eigenvalue weighted by Gasteiger charge is -2.16. The van der Waals surface area contributed by atoms with Gasteiger partial charge in [-0.25, -0.2) is 4.57 Å². The van der Waals surface area contributed by atoms with Gasteiger partial charge in [0.1, 0.15) is 12.1 Å². The van der Waals surface area contributed by atoms with Crippen LogP contribution in [0.5, 0.6) is 0 Å². The zero-order valence-corrected chi connectivity index (χ0v) is 9.62. The fourth-order valence-corrected chi connectivity index (χ4v) is 0.932. The largest absolute Gasteiger partial charge is 0.469 e. The molecule has 0 saturated heterocycles. The van der Waals surface area contributed by atoms with Gasteiger partial charge in [0.25, 0.3) is 0 Å². The van der Waals surface area contributed by atoms with E-state index in [1.54, 1.807) is 0 Å². The van der Waals surface area contributed by atoms with E-state index in [4.69, 9.17) is 15.3 Å². The Hall–Kier alpha value is -1.11. The molecule has 0 amide bonds. The Balaban J connectivity index is 4.00.